The predicted octanol–water partition coefficient (Wildman–Crippen LogP) is 0.349. The van der Waals surface area contributed by atoms with Crippen LogP contribution in [0.3, 0.4) is 0 Å². The van der Waals surface area contributed by atoms with Crippen LogP contribution in [-0.4, -0.2) is 23.1 Å². The van der Waals surface area contributed by atoms with Crippen LogP contribution >= 0.6 is 0 Å². The Labute approximate surface area is 109 Å². The summed E-state index contributed by atoms with van der Waals surface area (Å²) in [5.74, 6) is -1.28. The van der Waals surface area contributed by atoms with E-state index in [1.54, 1.807) is 12.1 Å². The Kier molecular flexibility index (Phi) is 6.50. The van der Waals surface area contributed by atoms with Crippen molar-refractivity contribution in [3.8, 4) is 5.75 Å². The molecule has 0 amide bonds. The number of phenols is 1. The van der Waals surface area contributed by atoms with Gasteiger partial charge in [0, 0.05) is 24.0 Å². The van der Waals surface area contributed by atoms with Gasteiger partial charge in [-0.3, -0.25) is 4.79 Å². The first-order valence-electron chi connectivity index (χ1n) is 4.75. The second kappa shape index (κ2) is 7.06. The Morgan fingerprint density at radius 2 is 1.88 bits per heavy atom. The summed E-state index contributed by atoms with van der Waals surface area (Å²) in [7, 11) is 0. The zero-order valence-electron chi connectivity index (χ0n) is 9.14. The van der Waals surface area contributed by atoms with Crippen molar-refractivity contribution in [3.63, 3.8) is 0 Å². The third-order valence-corrected chi connectivity index (χ3v) is 1.94. The average molecular weight is 287 g/mol. The Morgan fingerprint density at radius 1 is 1.35 bits per heavy atom. The van der Waals surface area contributed by atoms with Crippen molar-refractivity contribution in [2.75, 3.05) is 0 Å². The summed E-state index contributed by atoms with van der Waals surface area (Å²) < 4.78 is 4.36. The molecule has 0 saturated carbocycles. The van der Waals surface area contributed by atoms with Crippen LogP contribution in [0, 0.1) is 0 Å². The Bertz CT molecular complexity index is 391. The van der Waals surface area contributed by atoms with Crippen molar-refractivity contribution in [2.45, 2.75) is 19.4 Å². The molecule has 1 atom stereocenters. The summed E-state index contributed by atoms with van der Waals surface area (Å²) in [5.41, 5.74) is 6.33. The normalized spacial score (nSPS) is 11.2. The van der Waals surface area contributed by atoms with Gasteiger partial charge in [0.25, 0.3) is 0 Å². The third kappa shape index (κ3) is 5.49. The number of rotatable bonds is 3. The van der Waals surface area contributed by atoms with Gasteiger partial charge in [0.2, 0.25) is 0 Å². The van der Waals surface area contributed by atoms with Gasteiger partial charge in [-0.15, -0.1) is 0 Å². The smallest absolute Gasteiger partial charge is 0.330 e. The first-order chi connectivity index (χ1) is 7.49. The summed E-state index contributed by atoms with van der Waals surface area (Å²) in [6.45, 7) is 1.14. The minimum Gasteiger partial charge on any atom is -0.508 e. The number of carbonyl (C=O) groups is 2. The number of nitrogens with two attached hydrogens (primary N) is 1. The van der Waals surface area contributed by atoms with Crippen LogP contribution < -0.4 is 5.73 Å². The molecular formula is C11H13CuNO4. The molecule has 0 fully saturated rings. The molecule has 0 saturated heterocycles. The number of hydrogen-bond acceptors (Lipinski definition) is 5. The van der Waals surface area contributed by atoms with Crippen LogP contribution in [0.2, 0.25) is 0 Å². The van der Waals surface area contributed by atoms with Gasteiger partial charge in [0.05, 0.1) is 0 Å². The van der Waals surface area contributed by atoms with Crippen molar-refractivity contribution < 1.29 is 36.5 Å². The minimum atomic E-state index is -0.881. The Morgan fingerprint density at radius 3 is 2.35 bits per heavy atom. The Balaban J connectivity index is 0.00000256. The van der Waals surface area contributed by atoms with Crippen LogP contribution in [-0.2, 0) is 37.8 Å². The molecule has 3 N–H and O–H groups in total. The van der Waals surface area contributed by atoms with Gasteiger partial charge in [-0.1, -0.05) is 12.1 Å². The zero-order chi connectivity index (χ0) is 12.1. The fourth-order valence-electron chi connectivity index (χ4n) is 1.19. The number of hydrogen-bond donors (Lipinski definition) is 2. The van der Waals surface area contributed by atoms with E-state index in [9.17, 15) is 9.59 Å². The fourth-order valence-corrected chi connectivity index (χ4v) is 1.19. The van der Waals surface area contributed by atoms with E-state index >= 15 is 0 Å². The number of benzene rings is 1. The topological polar surface area (TPSA) is 89.6 Å². The van der Waals surface area contributed by atoms with Gasteiger partial charge in [-0.25, -0.2) is 4.79 Å². The minimum absolute atomic E-state index is 0. The van der Waals surface area contributed by atoms with Crippen molar-refractivity contribution in [2.24, 2.45) is 5.73 Å². The van der Waals surface area contributed by atoms with Crippen LogP contribution in [0.5, 0.6) is 5.75 Å². The molecule has 1 aromatic carbocycles. The monoisotopic (exact) mass is 286 g/mol. The average Bonchev–Trinajstić information content (AvgIpc) is 2.20. The molecule has 1 rings (SSSR count). The number of carbonyl (C=O) groups excluding carboxylic acids is 2. The van der Waals surface area contributed by atoms with E-state index in [1.807, 2.05) is 0 Å². The van der Waals surface area contributed by atoms with Gasteiger partial charge >= 0.3 is 11.9 Å². The van der Waals surface area contributed by atoms with Gasteiger partial charge in [-0.2, -0.15) is 0 Å². The number of phenolic OH excluding ortho intramolecular Hbond substituents is 1. The maximum Gasteiger partial charge on any atom is 0.330 e. The quantitative estimate of drug-likeness (QED) is 0.475. The maximum absolute atomic E-state index is 11.2. The van der Waals surface area contributed by atoms with Crippen molar-refractivity contribution in [3.05, 3.63) is 29.8 Å². The van der Waals surface area contributed by atoms with E-state index in [1.165, 1.54) is 12.1 Å². The van der Waals surface area contributed by atoms with E-state index in [-0.39, 0.29) is 29.2 Å². The predicted molar refractivity (Wildman–Crippen MR) is 56.6 cm³/mol. The fraction of sp³-hybridized carbons (Fsp3) is 0.273. The molecule has 0 spiro atoms. The van der Waals surface area contributed by atoms with Gasteiger partial charge in [-0.05, 0) is 24.1 Å². The van der Waals surface area contributed by atoms with Crippen molar-refractivity contribution in [1.29, 1.82) is 0 Å². The van der Waals surface area contributed by atoms with Crippen molar-refractivity contribution >= 4 is 11.9 Å². The Hall–Kier alpha value is -1.36. The third-order valence-electron chi connectivity index (χ3n) is 1.94. The van der Waals surface area contributed by atoms with Gasteiger partial charge in [0.15, 0.2) is 0 Å². The second-order valence-corrected chi connectivity index (χ2v) is 3.39. The molecule has 0 aliphatic rings. The molecule has 0 aliphatic carbocycles. The molecule has 5 nitrogen and oxygen atoms in total. The van der Waals surface area contributed by atoms with E-state index < -0.39 is 18.0 Å². The molecule has 97 valence electrons. The SMILES string of the molecule is CC(=O)OC(=O)[C@@H](N)Cc1ccc(O)cc1.[Cu]. The van der Waals surface area contributed by atoms with E-state index in [2.05, 4.69) is 4.74 Å². The molecule has 0 heterocycles. The molecule has 1 radical (unpaired) electrons. The summed E-state index contributed by atoms with van der Waals surface area (Å²) in [5, 5.41) is 9.05. The molecule has 17 heavy (non-hydrogen) atoms. The number of ether oxygens (including phenoxy) is 1. The molecule has 0 unspecified atom stereocenters. The summed E-state index contributed by atoms with van der Waals surface area (Å²) in [6.07, 6.45) is 0.256. The standard InChI is InChI=1S/C11H13NO4.Cu/c1-7(13)16-11(15)10(12)6-8-2-4-9(14)5-3-8;/h2-5,10,14H,6,12H2,1H3;/t10-;/m0./s1. The van der Waals surface area contributed by atoms with Gasteiger partial charge in [0.1, 0.15) is 11.8 Å². The maximum atomic E-state index is 11.2. The number of aromatic hydroxyl groups is 1. The first kappa shape index (κ1) is 15.6. The van der Waals surface area contributed by atoms with Crippen molar-refractivity contribution in [1.82, 2.24) is 0 Å². The van der Waals surface area contributed by atoms with E-state index in [0.29, 0.717) is 0 Å². The van der Waals surface area contributed by atoms with E-state index in [4.69, 9.17) is 10.8 Å². The molecule has 6 heteroatoms. The van der Waals surface area contributed by atoms with Crippen LogP contribution in [0.4, 0.5) is 0 Å². The summed E-state index contributed by atoms with van der Waals surface area (Å²) in [6, 6.07) is 5.41. The van der Waals surface area contributed by atoms with Crippen LogP contribution in [0.25, 0.3) is 0 Å². The van der Waals surface area contributed by atoms with Crippen LogP contribution in [0.1, 0.15) is 12.5 Å². The van der Waals surface area contributed by atoms with Gasteiger partial charge < -0.3 is 15.6 Å². The first-order valence-corrected chi connectivity index (χ1v) is 4.75. The molecule has 1 aromatic rings. The molecule has 0 aromatic heterocycles. The molecule has 0 bridgehead atoms. The number of esters is 2. The largest absolute Gasteiger partial charge is 0.508 e. The van der Waals surface area contributed by atoms with E-state index in [0.717, 1.165) is 12.5 Å². The summed E-state index contributed by atoms with van der Waals surface area (Å²) in [4.78, 5) is 21.7. The molecule has 0 aliphatic heterocycles. The van der Waals surface area contributed by atoms with Crippen LogP contribution in [0.15, 0.2) is 24.3 Å². The molecular weight excluding hydrogens is 274 g/mol. The zero-order valence-corrected chi connectivity index (χ0v) is 10.1. The second-order valence-electron chi connectivity index (χ2n) is 3.39. The summed E-state index contributed by atoms with van der Waals surface area (Å²) >= 11 is 0.